The first-order valence-electron chi connectivity index (χ1n) is 6.22. The lowest BCUT2D eigenvalue weighted by molar-refractivity contribution is -0.139. The molecule has 1 atom stereocenters. The van der Waals surface area contributed by atoms with E-state index in [1.807, 2.05) is 0 Å². The summed E-state index contributed by atoms with van der Waals surface area (Å²) in [6.07, 6.45) is -0.0848. The van der Waals surface area contributed by atoms with Gasteiger partial charge in [-0.2, -0.15) is 0 Å². The van der Waals surface area contributed by atoms with Crippen LogP contribution in [-0.4, -0.2) is 47.3 Å². The number of carboxylic acids is 1. The normalized spacial score (nSPS) is 14.4. The SMILES string of the molecule is O=C1COc2cc(C(=O)N[C@H](CCO)C(=O)O)ccc2N1. The number of hydrogen-bond donors (Lipinski definition) is 4. The lowest BCUT2D eigenvalue weighted by Gasteiger charge is -2.19. The second-order valence-electron chi connectivity index (χ2n) is 4.42. The van der Waals surface area contributed by atoms with E-state index < -0.39 is 17.9 Å². The molecule has 0 aliphatic carbocycles. The number of fused-ring (bicyclic) bond motifs is 1. The molecule has 2 rings (SSSR count). The molecule has 1 aliphatic heterocycles. The molecule has 0 unspecified atom stereocenters. The van der Waals surface area contributed by atoms with Crippen molar-refractivity contribution in [2.75, 3.05) is 18.5 Å². The number of amides is 2. The number of carbonyl (C=O) groups is 3. The largest absolute Gasteiger partial charge is 0.482 e. The average Bonchev–Trinajstić information content (AvgIpc) is 2.45. The zero-order valence-corrected chi connectivity index (χ0v) is 11.0. The molecule has 1 aromatic carbocycles. The molecule has 0 bridgehead atoms. The van der Waals surface area contributed by atoms with Crippen LogP contribution >= 0.6 is 0 Å². The van der Waals surface area contributed by atoms with E-state index in [9.17, 15) is 14.4 Å². The number of ether oxygens (including phenoxy) is 1. The number of aliphatic carboxylic acids is 1. The second kappa shape index (κ2) is 6.23. The molecular formula is C13H14N2O6. The van der Waals surface area contributed by atoms with Gasteiger partial charge in [-0.1, -0.05) is 0 Å². The van der Waals surface area contributed by atoms with Gasteiger partial charge in [-0.25, -0.2) is 4.79 Å². The smallest absolute Gasteiger partial charge is 0.326 e. The Balaban J connectivity index is 2.13. The summed E-state index contributed by atoms with van der Waals surface area (Å²) in [5.74, 6) is -1.76. The van der Waals surface area contributed by atoms with E-state index in [0.29, 0.717) is 11.4 Å². The third kappa shape index (κ3) is 3.48. The Labute approximate surface area is 119 Å². The van der Waals surface area contributed by atoms with Gasteiger partial charge in [0.15, 0.2) is 6.61 Å². The molecule has 8 nitrogen and oxygen atoms in total. The summed E-state index contributed by atoms with van der Waals surface area (Å²) in [5, 5.41) is 22.6. The maximum absolute atomic E-state index is 12.0. The lowest BCUT2D eigenvalue weighted by Crippen LogP contribution is -2.41. The number of benzene rings is 1. The minimum absolute atomic E-state index is 0.0848. The Kier molecular flexibility index (Phi) is 4.39. The molecular weight excluding hydrogens is 280 g/mol. The summed E-state index contributed by atoms with van der Waals surface area (Å²) < 4.78 is 5.18. The molecule has 21 heavy (non-hydrogen) atoms. The van der Waals surface area contributed by atoms with E-state index in [0.717, 1.165) is 0 Å². The Bertz CT molecular complexity index is 586. The predicted molar refractivity (Wildman–Crippen MR) is 71.2 cm³/mol. The van der Waals surface area contributed by atoms with Gasteiger partial charge in [-0.15, -0.1) is 0 Å². The molecule has 0 saturated carbocycles. The van der Waals surface area contributed by atoms with E-state index in [4.69, 9.17) is 14.9 Å². The van der Waals surface area contributed by atoms with Crippen LogP contribution in [0.2, 0.25) is 0 Å². The van der Waals surface area contributed by atoms with Crippen molar-refractivity contribution in [1.82, 2.24) is 5.32 Å². The number of nitrogens with one attached hydrogen (secondary N) is 2. The van der Waals surface area contributed by atoms with Gasteiger partial charge in [0.2, 0.25) is 0 Å². The van der Waals surface area contributed by atoms with Crippen molar-refractivity contribution >= 4 is 23.5 Å². The maximum atomic E-state index is 12.0. The van der Waals surface area contributed by atoms with Gasteiger partial charge in [0, 0.05) is 18.6 Å². The fraction of sp³-hybridized carbons (Fsp3) is 0.308. The lowest BCUT2D eigenvalue weighted by atomic mass is 10.1. The first kappa shape index (κ1) is 14.8. The van der Waals surface area contributed by atoms with Crippen molar-refractivity contribution in [3.8, 4) is 5.75 Å². The number of carboxylic acid groups (broad SMARTS) is 1. The Hall–Kier alpha value is -2.61. The zero-order chi connectivity index (χ0) is 15.4. The number of rotatable bonds is 5. The Morgan fingerprint density at radius 1 is 1.43 bits per heavy atom. The molecule has 0 saturated heterocycles. The molecule has 2 amide bonds. The van der Waals surface area contributed by atoms with Gasteiger partial charge in [0.25, 0.3) is 11.8 Å². The van der Waals surface area contributed by atoms with Crippen LogP contribution in [0.4, 0.5) is 5.69 Å². The van der Waals surface area contributed by atoms with Crippen LogP contribution in [0.3, 0.4) is 0 Å². The van der Waals surface area contributed by atoms with E-state index in [2.05, 4.69) is 10.6 Å². The van der Waals surface area contributed by atoms with Crippen molar-refractivity contribution in [2.45, 2.75) is 12.5 Å². The molecule has 0 radical (unpaired) electrons. The number of anilines is 1. The van der Waals surface area contributed by atoms with Crippen LogP contribution in [0.15, 0.2) is 18.2 Å². The molecule has 1 heterocycles. The highest BCUT2D eigenvalue weighted by molar-refractivity contribution is 6.00. The molecule has 8 heteroatoms. The first-order valence-corrected chi connectivity index (χ1v) is 6.22. The quantitative estimate of drug-likeness (QED) is 0.584. The molecule has 4 N–H and O–H groups in total. The van der Waals surface area contributed by atoms with Gasteiger partial charge in [-0.3, -0.25) is 9.59 Å². The summed E-state index contributed by atoms with van der Waals surface area (Å²) in [6.45, 7) is -0.489. The van der Waals surface area contributed by atoms with E-state index in [1.165, 1.54) is 18.2 Å². The number of aliphatic hydroxyl groups is 1. The molecule has 112 valence electrons. The van der Waals surface area contributed by atoms with Gasteiger partial charge in [-0.05, 0) is 18.2 Å². The van der Waals surface area contributed by atoms with Crippen LogP contribution in [0.5, 0.6) is 5.75 Å². The fourth-order valence-electron chi connectivity index (χ4n) is 1.84. The number of carbonyl (C=O) groups excluding carboxylic acids is 2. The van der Waals surface area contributed by atoms with Crippen LogP contribution < -0.4 is 15.4 Å². The third-order valence-electron chi connectivity index (χ3n) is 2.90. The minimum Gasteiger partial charge on any atom is -0.482 e. The van der Waals surface area contributed by atoms with Crippen molar-refractivity contribution in [2.24, 2.45) is 0 Å². The molecule has 1 aromatic rings. The summed E-state index contributed by atoms with van der Waals surface area (Å²) >= 11 is 0. The monoisotopic (exact) mass is 294 g/mol. The third-order valence-corrected chi connectivity index (χ3v) is 2.90. The summed E-state index contributed by atoms with van der Waals surface area (Å²) in [6, 6.07) is 3.20. The van der Waals surface area contributed by atoms with Crippen molar-refractivity contribution in [3.63, 3.8) is 0 Å². The van der Waals surface area contributed by atoms with Gasteiger partial charge in [0.05, 0.1) is 5.69 Å². The maximum Gasteiger partial charge on any atom is 0.326 e. The summed E-state index contributed by atoms with van der Waals surface area (Å²) in [7, 11) is 0. The predicted octanol–water partition coefficient (Wildman–Crippen LogP) is -0.417. The molecule has 1 aliphatic rings. The average molecular weight is 294 g/mol. The molecule has 0 spiro atoms. The van der Waals surface area contributed by atoms with Crippen molar-refractivity contribution in [1.29, 1.82) is 0 Å². The van der Waals surface area contributed by atoms with Gasteiger partial charge < -0.3 is 25.6 Å². The van der Waals surface area contributed by atoms with Crippen LogP contribution in [0, 0.1) is 0 Å². The highest BCUT2D eigenvalue weighted by atomic mass is 16.5. The standard InChI is InChI=1S/C13H14N2O6/c16-4-3-9(13(19)20)15-12(18)7-1-2-8-10(5-7)21-6-11(17)14-8/h1-2,5,9,16H,3-4,6H2,(H,14,17)(H,15,18)(H,19,20)/t9-/m1/s1. The Morgan fingerprint density at radius 2 is 2.19 bits per heavy atom. The Morgan fingerprint density at radius 3 is 2.86 bits per heavy atom. The van der Waals surface area contributed by atoms with E-state index in [1.54, 1.807) is 0 Å². The zero-order valence-electron chi connectivity index (χ0n) is 11.0. The highest BCUT2D eigenvalue weighted by Crippen LogP contribution is 2.28. The highest BCUT2D eigenvalue weighted by Gasteiger charge is 2.22. The van der Waals surface area contributed by atoms with E-state index >= 15 is 0 Å². The molecule has 0 fully saturated rings. The number of aliphatic hydroxyl groups excluding tert-OH is 1. The first-order chi connectivity index (χ1) is 10.0. The molecule has 0 aromatic heterocycles. The fourth-order valence-corrected chi connectivity index (χ4v) is 1.84. The topological polar surface area (TPSA) is 125 Å². The van der Waals surface area contributed by atoms with Crippen molar-refractivity contribution < 1.29 is 29.3 Å². The van der Waals surface area contributed by atoms with Crippen LogP contribution in [0.25, 0.3) is 0 Å². The van der Waals surface area contributed by atoms with Crippen LogP contribution in [0.1, 0.15) is 16.8 Å². The summed E-state index contributed by atoms with van der Waals surface area (Å²) in [5.41, 5.74) is 0.655. The van der Waals surface area contributed by atoms with Crippen LogP contribution in [-0.2, 0) is 9.59 Å². The number of hydrogen-bond acceptors (Lipinski definition) is 5. The summed E-state index contributed by atoms with van der Waals surface area (Å²) in [4.78, 5) is 34.0. The van der Waals surface area contributed by atoms with Crippen molar-refractivity contribution in [3.05, 3.63) is 23.8 Å². The second-order valence-corrected chi connectivity index (χ2v) is 4.42. The van der Waals surface area contributed by atoms with E-state index in [-0.39, 0.29) is 31.1 Å². The minimum atomic E-state index is -1.22. The van der Waals surface area contributed by atoms with Gasteiger partial charge in [0.1, 0.15) is 11.8 Å². The van der Waals surface area contributed by atoms with Gasteiger partial charge >= 0.3 is 5.97 Å².